The molecule has 1 aromatic heterocycles. The van der Waals surface area contributed by atoms with Crippen molar-refractivity contribution >= 4 is 11.6 Å². The predicted octanol–water partition coefficient (Wildman–Crippen LogP) is 3.37. The lowest BCUT2D eigenvalue weighted by Crippen LogP contribution is -2.19. The third kappa shape index (κ3) is 3.37. The summed E-state index contributed by atoms with van der Waals surface area (Å²) >= 11 is 6.13. The van der Waals surface area contributed by atoms with E-state index < -0.39 is 0 Å². The molecule has 2 rings (SSSR count). The molecule has 0 aliphatic carbocycles. The average Bonchev–Trinajstić information content (AvgIpc) is 2.79. The highest BCUT2D eigenvalue weighted by molar-refractivity contribution is 6.30. The molecule has 0 amide bonds. The monoisotopic (exact) mass is 277 g/mol. The minimum absolute atomic E-state index is 0.123. The standard InChI is InChI=1S/C15H20ClN3/c1-3-4-15-18-7-8-19(15)14-10-13(16)6-5-12(14)9-11(2)17/h5-8,10-11H,3-4,9,17H2,1-2H3. The first-order chi connectivity index (χ1) is 9.11. The van der Waals surface area contributed by atoms with E-state index in [1.54, 1.807) is 0 Å². The number of imidazole rings is 1. The van der Waals surface area contributed by atoms with Crippen LogP contribution >= 0.6 is 11.6 Å². The van der Waals surface area contributed by atoms with Crippen molar-refractivity contribution in [1.29, 1.82) is 0 Å². The molecule has 102 valence electrons. The van der Waals surface area contributed by atoms with Gasteiger partial charge in [-0.25, -0.2) is 4.98 Å². The number of hydrogen-bond donors (Lipinski definition) is 1. The second-order valence-corrected chi connectivity index (χ2v) is 5.35. The number of aromatic nitrogens is 2. The fourth-order valence-corrected chi connectivity index (χ4v) is 2.41. The fraction of sp³-hybridized carbons (Fsp3) is 0.400. The van der Waals surface area contributed by atoms with Gasteiger partial charge >= 0.3 is 0 Å². The van der Waals surface area contributed by atoms with E-state index in [-0.39, 0.29) is 6.04 Å². The number of hydrogen-bond acceptors (Lipinski definition) is 2. The SMILES string of the molecule is CCCc1nccn1-c1cc(Cl)ccc1CC(C)N. The molecule has 1 heterocycles. The Morgan fingerprint density at radius 1 is 1.42 bits per heavy atom. The zero-order valence-corrected chi connectivity index (χ0v) is 12.2. The quantitative estimate of drug-likeness (QED) is 0.911. The molecule has 0 radical (unpaired) electrons. The molecule has 0 saturated carbocycles. The Morgan fingerprint density at radius 3 is 2.89 bits per heavy atom. The van der Waals surface area contributed by atoms with Crippen LogP contribution < -0.4 is 5.73 Å². The molecule has 4 heteroatoms. The summed E-state index contributed by atoms with van der Waals surface area (Å²) in [6.45, 7) is 4.17. The maximum atomic E-state index is 6.13. The highest BCUT2D eigenvalue weighted by atomic mass is 35.5. The minimum atomic E-state index is 0.123. The largest absolute Gasteiger partial charge is 0.328 e. The number of rotatable bonds is 5. The summed E-state index contributed by atoms with van der Waals surface area (Å²) in [7, 11) is 0. The third-order valence-corrected chi connectivity index (χ3v) is 3.27. The van der Waals surface area contributed by atoms with Gasteiger partial charge in [0.1, 0.15) is 5.82 Å². The summed E-state index contributed by atoms with van der Waals surface area (Å²) in [4.78, 5) is 4.42. The summed E-state index contributed by atoms with van der Waals surface area (Å²) in [6.07, 6.45) is 6.68. The molecule has 0 spiro atoms. The van der Waals surface area contributed by atoms with Crippen LogP contribution in [0.5, 0.6) is 0 Å². The zero-order chi connectivity index (χ0) is 13.8. The highest BCUT2D eigenvalue weighted by Crippen LogP contribution is 2.23. The van der Waals surface area contributed by atoms with Crippen molar-refractivity contribution in [2.24, 2.45) is 5.73 Å². The van der Waals surface area contributed by atoms with Crippen molar-refractivity contribution in [3.63, 3.8) is 0 Å². The number of aryl methyl sites for hydroxylation is 1. The van der Waals surface area contributed by atoms with Crippen molar-refractivity contribution in [3.05, 3.63) is 47.0 Å². The summed E-state index contributed by atoms with van der Waals surface area (Å²) < 4.78 is 2.12. The van der Waals surface area contributed by atoms with Gasteiger partial charge < -0.3 is 10.3 Å². The van der Waals surface area contributed by atoms with Gasteiger partial charge in [0.25, 0.3) is 0 Å². The Balaban J connectivity index is 2.46. The number of nitrogens with zero attached hydrogens (tertiary/aromatic N) is 2. The van der Waals surface area contributed by atoms with Crippen molar-refractivity contribution in [2.75, 3.05) is 0 Å². The first-order valence-electron chi connectivity index (χ1n) is 6.68. The minimum Gasteiger partial charge on any atom is -0.328 e. The van der Waals surface area contributed by atoms with Crippen LogP contribution in [0, 0.1) is 0 Å². The Kier molecular flexibility index (Phi) is 4.61. The van der Waals surface area contributed by atoms with Gasteiger partial charge in [-0.2, -0.15) is 0 Å². The first kappa shape index (κ1) is 14.1. The third-order valence-electron chi connectivity index (χ3n) is 3.04. The lowest BCUT2D eigenvalue weighted by Gasteiger charge is -2.15. The van der Waals surface area contributed by atoms with Gasteiger partial charge in [0.2, 0.25) is 0 Å². The molecule has 0 fully saturated rings. The van der Waals surface area contributed by atoms with E-state index in [2.05, 4.69) is 22.5 Å². The number of benzene rings is 1. The molecule has 19 heavy (non-hydrogen) atoms. The number of nitrogens with two attached hydrogens (primary N) is 1. The van der Waals surface area contributed by atoms with Gasteiger partial charge in [-0.3, -0.25) is 0 Å². The highest BCUT2D eigenvalue weighted by Gasteiger charge is 2.11. The van der Waals surface area contributed by atoms with Gasteiger partial charge in [0.15, 0.2) is 0 Å². The van der Waals surface area contributed by atoms with Crippen LogP contribution in [0.15, 0.2) is 30.6 Å². The van der Waals surface area contributed by atoms with Crippen molar-refractivity contribution in [2.45, 2.75) is 39.2 Å². The van der Waals surface area contributed by atoms with Gasteiger partial charge in [0.05, 0.1) is 5.69 Å². The average molecular weight is 278 g/mol. The van der Waals surface area contributed by atoms with Crippen LogP contribution in [0.3, 0.4) is 0 Å². The first-order valence-corrected chi connectivity index (χ1v) is 7.06. The molecule has 3 nitrogen and oxygen atoms in total. The van der Waals surface area contributed by atoms with E-state index in [0.717, 1.165) is 35.8 Å². The van der Waals surface area contributed by atoms with E-state index >= 15 is 0 Å². The van der Waals surface area contributed by atoms with Crippen LogP contribution in [0.25, 0.3) is 5.69 Å². The summed E-state index contributed by atoms with van der Waals surface area (Å²) in [5, 5.41) is 0.736. The van der Waals surface area contributed by atoms with Crippen LogP contribution in [-0.4, -0.2) is 15.6 Å². The van der Waals surface area contributed by atoms with Crippen LogP contribution in [-0.2, 0) is 12.8 Å². The van der Waals surface area contributed by atoms with E-state index in [4.69, 9.17) is 17.3 Å². The summed E-state index contributed by atoms with van der Waals surface area (Å²) in [5.74, 6) is 1.07. The maximum absolute atomic E-state index is 6.13. The predicted molar refractivity (Wildman–Crippen MR) is 79.9 cm³/mol. The Bertz CT molecular complexity index is 546. The van der Waals surface area contributed by atoms with Gasteiger partial charge in [-0.15, -0.1) is 0 Å². The summed E-state index contributed by atoms with van der Waals surface area (Å²) in [6, 6.07) is 6.08. The second-order valence-electron chi connectivity index (χ2n) is 4.92. The van der Waals surface area contributed by atoms with Gasteiger partial charge in [-0.1, -0.05) is 24.6 Å². The van der Waals surface area contributed by atoms with Gasteiger partial charge in [0, 0.05) is 29.9 Å². The van der Waals surface area contributed by atoms with E-state index in [9.17, 15) is 0 Å². The molecule has 1 unspecified atom stereocenters. The van der Waals surface area contributed by atoms with Crippen molar-refractivity contribution in [1.82, 2.24) is 9.55 Å². The van der Waals surface area contributed by atoms with Crippen LogP contribution in [0.4, 0.5) is 0 Å². The molecule has 0 aliphatic heterocycles. The van der Waals surface area contributed by atoms with Crippen LogP contribution in [0.1, 0.15) is 31.7 Å². The summed E-state index contributed by atoms with van der Waals surface area (Å²) in [5.41, 5.74) is 8.22. The van der Waals surface area contributed by atoms with E-state index in [1.165, 1.54) is 5.56 Å². The molecule has 0 aliphatic rings. The zero-order valence-electron chi connectivity index (χ0n) is 11.4. The Hall–Kier alpha value is -1.32. The molecular formula is C15H20ClN3. The lowest BCUT2D eigenvalue weighted by molar-refractivity contribution is 0.728. The molecule has 2 aromatic rings. The molecule has 1 aromatic carbocycles. The topological polar surface area (TPSA) is 43.8 Å². The normalized spacial score (nSPS) is 12.6. The lowest BCUT2D eigenvalue weighted by atomic mass is 10.1. The second kappa shape index (κ2) is 6.22. The van der Waals surface area contributed by atoms with Gasteiger partial charge in [-0.05, 0) is 37.5 Å². The van der Waals surface area contributed by atoms with Crippen molar-refractivity contribution < 1.29 is 0 Å². The smallest absolute Gasteiger partial charge is 0.113 e. The molecule has 0 bridgehead atoms. The number of halogens is 1. The molecular weight excluding hydrogens is 258 g/mol. The van der Waals surface area contributed by atoms with Crippen molar-refractivity contribution in [3.8, 4) is 5.69 Å². The fourth-order valence-electron chi connectivity index (χ4n) is 2.24. The van der Waals surface area contributed by atoms with E-state index in [0.29, 0.717) is 0 Å². The molecule has 0 saturated heterocycles. The molecule has 2 N–H and O–H groups in total. The van der Waals surface area contributed by atoms with E-state index in [1.807, 2.05) is 31.5 Å². The van der Waals surface area contributed by atoms with Crippen LogP contribution in [0.2, 0.25) is 5.02 Å². The Labute approximate surface area is 119 Å². The maximum Gasteiger partial charge on any atom is 0.113 e. The molecule has 1 atom stereocenters. The Morgan fingerprint density at radius 2 is 2.21 bits per heavy atom.